The molecule has 0 aliphatic heterocycles. The zero-order valence-electron chi connectivity index (χ0n) is 24.8. The Morgan fingerprint density at radius 2 is 0.829 bits per heavy atom. The standard InChI is InChI=1S/C27H42N4O4P2S4/c1-18(2)32-36(40,33-19(3)4)30-26(38)28-24-13-9-22(10-14-24)17-23-11-15-25(16-12-23)29-27(39)31-37(41,34-20(5)6)35-21(7)8/h9-16,18-21H,17H2,1-8H3,(H2,28,30,38,40)(H2,29,31,39,41). The van der Waals surface area contributed by atoms with E-state index in [1.54, 1.807) is 0 Å². The lowest BCUT2D eigenvalue weighted by atomic mass is 10.0. The van der Waals surface area contributed by atoms with Crippen molar-refractivity contribution < 1.29 is 18.1 Å². The van der Waals surface area contributed by atoms with Gasteiger partial charge in [-0.2, -0.15) is 0 Å². The van der Waals surface area contributed by atoms with Crippen LogP contribution in [-0.4, -0.2) is 34.6 Å². The lowest BCUT2D eigenvalue weighted by Gasteiger charge is -2.27. The van der Waals surface area contributed by atoms with Crippen molar-refractivity contribution >= 4 is 82.9 Å². The Morgan fingerprint density at radius 1 is 0.561 bits per heavy atom. The van der Waals surface area contributed by atoms with Gasteiger partial charge in [0.1, 0.15) is 0 Å². The first-order valence-corrected chi connectivity index (χ1v) is 19.5. The van der Waals surface area contributed by atoms with E-state index in [2.05, 4.69) is 45.1 Å². The molecule has 0 saturated heterocycles. The first-order valence-electron chi connectivity index (χ1n) is 13.4. The Labute approximate surface area is 266 Å². The summed E-state index contributed by atoms with van der Waals surface area (Å²) >= 11 is 22.2. The fourth-order valence-corrected chi connectivity index (χ4v) is 10.5. The molecule has 0 unspecified atom stereocenters. The molecule has 8 nitrogen and oxygen atoms in total. The number of anilines is 2. The van der Waals surface area contributed by atoms with Gasteiger partial charge >= 0.3 is 0 Å². The minimum Gasteiger partial charge on any atom is -0.332 e. The smallest absolute Gasteiger partial charge is 0.289 e. The zero-order chi connectivity index (χ0) is 30.8. The largest absolute Gasteiger partial charge is 0.332 e. The van der Waals surface area contributed by atoms with E-state index in [1.807, 2.05) is 79.7 Å². The highest BCUT2D eigenvalue weighted by Crippen LogP contribution is 2.47. The third-order valence-electron chi connectivity index (χ3n) is 4.71. The first-order chi connectivity index (χ1) is 19.1. The molecule has 228 valence electrons. The first kappa shape index (κ1) is 36.2. The molecule has 2 aromatic rings. The van der Waals surface area contributed by atoms with Gasteiger partial charge in [0.05, 0.1) is 24.4 Å². The molecule has 0 atom stereocenters. The van der Waals surface area contributed by atoms with Gasteiger partial charge in [-0.1, -0.05) is 24.3 Å². The second kappa shape index (κ2) is 16.7. The molecule has 0 amide bonds. The molecule has 0 spiro atoms. The molecule has 2 rings (SSSR count). The van der Waals surface area contributed by atoms with E-state index in [9.17, 15) is 0 Å². The fraction of sp³-hybridized carbons (Fsp3) is 0.481. The maximum atomic E-state index is 5.86. The summed E-state index contributed by atoms with van der Waals surface area (Å²) in [5, 5.41) is 13.2. The van der Waals surface area contributed by atoms with Crippen molar-refractivity contribution in [2.75, 3.05) is 10.6 Å². The van der Waals surface area contributed by atoms with Crippen molar-refractivity contribution in [1.29, 1.82) is 0 Å². The van der Waals surface area contributed by atoms with Crippen LogP contribution in [0.4, 0.5) is 11.4 Å². The van der Waals surface area contributed by atoms with Gasteiger partial charge in [-0.25, -0.2) is 0 Å². The van der Waals surface area contributed by atoms with Crippen LogP contribution < -0.4 is 20.8 Å². The van der Waals surface area contributed by atoms with Gasteiger partial charge in [0, 0.05) is 11.4 Å². The summed E-state index contributed by atoms with van der Waals surface area (Å²) < 4.78 is 23.4. The van der Waals surface area contributed by atoms with Crippen molar-refractivity contribution in [2.24, 2.45) is 0 Å². The Balaban J connectivity index is 1.94. The second-order valence-corrected chi connectivity index (χ2v) is 17.3. The molecule has 0 bridgehead atoms. The van der Waals surface area contributed by atoms with Crippen LogP contribution in [0, 0.1) is 0 Å². The van der Waals surface area contributed by atoms with Crippen molar-refractivity contribution in [2.45, 2.75) is 86.2 Å². The molecule has 0 heterocycles. The van der Waals surface area contributed by atoms with Gasteiger partial charge < -0.3 is 28.7 Å². The highest BCUT2D eigenvalue weighted by Gasteiger charge is 2.25. The van der Waals surface area contributed by atoms with Crippen molar-refractivity contribution in [1.82, 2.24) is 10.2 Å². The maximum Gasteiger partial charge on any atom is 0.289 e. The summed E-state index contributed by atoms with van der Waals surface area (Å²) in [6, 6.07) is 16.1. The molecule has 0 aliphatic carbocycles. The van der Waals surface area contributed by atoms with Crippen LogP contribution in [0.25, 0.3) is 0 Å². The molecular formula is C27H42N4O4P2S4. The molecule has 14 heteroatoms. The van der Waals surface area contributed by atoms with Crippen LogP contribution in [0.15, 0.2) is 48.5 Å². The molecular weight excluding hydrogens is 635 g/mol. The molecule has 2 aromatic carbocycles. The number of hydrogen-bond donors (Lipinski definition) is 4. The third-order valence-corrected chi connectivity index (χ3v) is 10.8. The monoisotopic (exact) mass is 676 g/mol. The Hall–Kier alpha value is -1.04. The van der Waals surface area contributed by atoms with Gasteiger partial charge in [0.15, 0.2) is 10.2 Å². The molecule has 0 fully saturated rings. The van der Waals surface area contributed by atoms with Gasteiger partial charge in [0.25, 0.3) is 13.3 Å². The van der Waals surface area contributed by atoms with E-state index < -0.39 is 13.3 Å². The third kappa shape index (κ3) is 14.3. The Kier molecular flexibility index (Phi) is 14.7. The number of hydrogen-bond acceptors (Lipinski definition) is 8. The van der Waals surface area contributed by atoms with Crippen molar-refractivity contribution in [3.8, 4) is 0 Å². The number of thiocarbonyl (C=S) groups is 2. The topological polar surface area (TPSA) is 85.0 Å². The van der Waals surface area contributed by atoms with E-state index in [-0.39, 0.29) is 24.4 Å². The van der Waals surface area contributed by atoms with Crippen LogP contribution in [0.3, 0.4) is 0 Å². The highest BCUT2D eigenvalue weighted by molar-refractivity contribution is 8.09. The van der Waals surface area contributed by atoms with E-state index in [1.165, 1.54) is 0 Å². The quantitative estimate of drug-likeness (QED) is 0.116. The molecule has 0 aliphatic rings. The van der Waals surface area contributed by atoms with Gasteiger partial charge in [-0.15, -0.1) is 0 Å². The van der Waals surface area contributed by atoms with Gasteiger partial charge in [-0.05, 0) is 145 Å². The number of benzene rings is 2. The van der Waals surface area contributed by atoms with Crippen LogP contribution in [0.1, 0.15) is 66.5 Å². The number of rotatable bonds is 14. The summed E-state index contributed by atoms with van der Waals surface area (Å²) in [5.74, 6) is 0. The maximum absolute atomic E-state index is 5.86. The van der Waals surface area contributed by atoms with Gasteiger partial charge in [0.2, 0.25) is 0 Å². The second-order valence-electron chi connectivity index (χ2n) is 10.3. The lowest BCUT2D eigenvalue weighted by molar-refractivity contribution is 0.171. The molecule has 4 N–H and O–H groups in total. The normalized spacial score (nSPS) is 12.2. The van der Waals surface area contributed by atoms with Crippen molar-refractivity contribution in [3.63, 3.8) is 0 Å². The average molecular weight is 677 g/mol. The number of nitrogens with one attached hydrogen (secondary N) is 4. The zero-order valence-corrected chi connectivity index (χ0v) is 29.9. The van der Waals surface area contributed by atoms with E-state index in [0.29, 0.717) is 10.2 Å². The Morgan fingerprint density at radius 3 is 1.07 bits per heavy atom. The summed E-state index contributed by atoms with van der Waals surface area (Å²) in [5.41, 5.74) is 3.99. The van der Waals surface area contributed by atoms with Crippen LogP contribution >= 0.6 is 37.7 Å². The molecule has 0 saturated carbocycles. The predicted molar refractivity (Wildman–Crippen MR) is 188 cm³/mol. The van der Waals surface area contributed by atoms with Crippen molar-refractivity contribution in [3.05, 3.63) is 59.7 Å². The van der Waals surface area contributed by atoms with Crippen LogP contribution in [0.5, 0.6) is 0 Å². The average Bonchev–Trinajstić information content (AvgIpc) is 2.78. The minimum atomic E-state index is -2.77. The molecule has 0 radical (unpaired) electrons. The van der Waals surface area contributed by atoms with E-state index in [4.69, 9.17) is 66.1 Å². The molecule has 0 aromatic heterocycles. The summed E-state index contributed by atoms with van der Waals surface area (Å²) in [7, 11) is 0. The fourth-order valence-electron chi connectivity index (χ4n) is 3.48. The molecule has 41 heavy (non-hydrogen) atoms. The summed E-state index contributed by atoms with van der Waals surface area (Å²) in [4.78, 5) is 0. The Bertz CT molecular complexity index is 1120. The highest BCUT2D eigenvalue weighted by atomic mass is 32.5. The van der Waals surface area contributed by atoms with Gasteiger partial charge in [-0.3, -0.25) is 10.2 Å². The predicted octanol–water partition coefficient (Wildman–Crippen LogP) is 8.00. The van der Waals surface area contributed by atoms with Crippen LogP contribution in [-0.2, 0) is 48.1 Å². The van der Waals surface area contributed by atoms with E-state index >= 15 is 0 Å². The lowest BCUT2D eigenvalue weighted by Crippen LogP contribution is -2.29. The summed E-state index contributed by atoms with van der Waals surface area (Å²) in [6.07, 6.45) is 0.409. The summed E-state index contributed by atoms with van der Waals surface area (Å²) in [6.45, 7) is 9.78. The SMILES string of the molecule is CC(C)OP(=S)(NC(=S)Nc1ccc(Cc2ccc(NC(=S)NP(=S)(OC(C)C)OC(C)C)cc2)cc1)OC(C)C. The van der Waals surface area contributed by atoms with E-state index in [0.717, 1.165) is 28.9 Å². The van der Waals surface area contributed by atoms with Crippen LogP contribution in [0.2, 0.25) is 0 Å². The minimum absolute atomic E-state index is 0.0893.